The molecule has 0 radical (unpaired) electrons. The van der Waals surface area contributed by atoms with Gasteiger partial charge in [0.2, 0.25) is 10.0 Å². The summed E-state index contributed by atoms with van der Waals surface area (Å²) in [6, 6.07) is 11.0. The van der Waals surface area contributed by atoms with E-state index < -0.39 is 22.0 Å². The molecule has 2 amide bonds. The molecule has 2 rings (SSSR count). The van der Waals surface area contributed by atoms with Crippen LogP contribution in [0.25, 0.3) is 0 Å². The lowest BCUT2D eigenvalue weighted by molar-refractivity contribution is -0.142. The maximum Gasteiger partial charge on any atom is 0.323 e. The number of para-hydroxylation sites is 1. The molecule has 8 nitrogen and oxygen atoms in total. The van der Waals surface area contributed by atoms with Crippen LogP contribution in [-0.4, -0.2) is 40.1 Å². The van der Waals surface area contributed by atoms with E-state index >= 15 is 0 Å². The fraction of sp³-hybridized carbons (Fsp3) is 0.462. The molecule has 3 N–H and O–H groups in total. The SMILES string of the molecule is COC(=O)C(CCCCNC(=O)Nc1c(C)cccc1C(C)(C)C)NS(=O)(=O)c1ccc(C)cc1. The third-order valence-electron chi connectivity index (χ3n) is 5.64. The summed E-state index contributed by atoms with van der Waals surface area (Å²) >= 11 is 0. The van der Waals surface area contributed by atoms with Crippen molar-refractivity contribution in [1.82, 2.24) is 10.0 Å². The molecular weight excluding hydrogens is 466 g/mol. The molecule has 0 spiro atoms. The second-order valence-electron chi connectivity index (χ2n) is 9.63. The standard InChI is InChI=1S/C26H37N3O5S/c1-18-13-15-20(16-14-18)35(32,33)29-22(24(30)34-6)12-7-8-17-27-25(31)28-23-19(2)10-9-11-21(23)26(3,4)5/h9-11,13-16,22,29H,7-8,12,17H2,1-6H3,(H2,27,28,31). The molecule has 0 aliphatic rings. The van der Waals surface area contributed by atoms with Crippen LogP contribution in [0.1, 0.15) is 56.7 Å². The average Bonchev–Trinajstić information content (AvgIpc) is 2.78. The van der Waals surface area contributed by atoms with Gasteiger partial charge in [-0.15, -0.1) is 0 Å². The fourth-order valence-corrected chi connectivity index (χ4v) is 4.85. The van der Waals surface area contributed by atoms with Gasteiger partial charge in [0.25, 0.3) is 0 Å². The molecule has 0 heterocycles. The largest absolute Gasteiger partial charge is 0.468 e. The highest BCUT2D eigenvalue weighted by Gasteiger charge is 2.26. The summed E-state index contributed by atoms with van der Waals surface area (Å²) in [6.07, 6.45) is 1.31. The number of hydrogen-bond acceptors (Lipinski definition) is 5. The molecule has 0 bridgehead atoms. The van der Waals surface area contributed by atoms with Gasteiger partial charge < -0.3 is 15.4 Å². The molecule has 1 unspecified atom stereocenters. The van der Waals surface area contributed by atoms with Crippen LogP contribution in [0.15, 0.2) is 47.4 Å². The number of ether oxygens (including phenoxy) is 1. The molecule has 2 aromatic carbocycles. The molecule has 0 aromatic heterocycles. The summed E-state index contributed by atoms with van der Waals surface area (Å²) in [7, 11) is -2.65. The van der Waals surface area contributed by atoms with Crippen LogP contribution in [0.3, 0.4) is 0 Å². The number of anilines is 1. The Morgan fingerprint density at radius 1 is 1.00 bits per heavy atom. The number of unbranched alkanes of at least 4 members (excludes halogenated alkanes) is 1. The summed E-state index contributed by atoms with van der Waals surface area (Å²) in [6.45, 7) is 10.5. The van der Waals surface area contributed by atoms with Crippen molar-refractivity contribution in [2.45, 2.75) is 70.2 Å². The quantitative estimate of drug-likeness (QED) is 0.328. The van der Waals surface area contributed by atoms with Gasteiger partial charge in [-0.1, -0.05) is 56.7 Å². The van der Waals surface area contributed by atoms with Crippen molar-refractivity contribution in [2.24, 2.45) is 0 Å². The summed E-state index contributed by atoms with van der Waals surface area (Å²) in [5.41, 5.74) is 3.64. The third-order valence-corrected chi connectivity index (χ3v) is 7.13. The number of aryl methyl sites for hydroxylation is 2. The summed E-state index contributed by atoms with van der Waals surface area (Å²) in [5.74, 6) is -0.652. The predicted octanol–water partition coefficient (Wildman–Crippen LogP) is 4.41. The van der Waals surface area contributed by atoms with Crippen LogP contribution in [-0.2, 0) is 25.0 Å². The van der Waals surface area contributed by atoms with E-state index in [0.717, 1.165) is 22.4 Å². The number of sulfonamides is 1. The van der Waals surface area contributed by atoms with Gasteiger partial charge in [-0.05, 0) is 61.8 Å². The predicted molar refractivity (Wildman–Crippen MR) is 138 cm³/mol. The molecule has 192 valence electrons. The lowest BCUT2D eigenvalue weighted by Gasteiger charge is -2.24. The zero-order valence-electron chi connectivity index (χ0n) is 21.4. The van der Waals surface area contributed by atoms with E-state index in [1.165, 1.54) is 19.2 Å². The number of nitrogens with one attached hydrogen (secondary N) is 3. The first kappa shape index (κ1) is 28.3. The Morgan fingerprint density at radius 2 is 1.66 bits per heavy atom. The summed E-state index contributed by atoms with van der Waals surface area (Å²) in [4.78, 5) is 24.7. The molecule has 9 heteroatoms. The van der Waals surface area contributed by atoms with E-state index in [1.54, 1.807) is 12.1 Å². The van der Waals surface area contributed by atoms with Crippen LogP contribution in [0, 0.1) is 13.8 Å². The van der Waals surface area contributed by atoms with Gasteiger partial charge in [-0.2, -0.15) is 4.72 Å². The highest BCUT2D eigenvalue weighted by molar-refractivity contribution is 7.89. The van der Waals surface area contributed by atoms with Crippen molar-refractivity contribution in [3.8, 4) is 0 Å². The molecule has 0 aliphatic heterocycles. The van der Waals surface area contributed by atoms with E-state index in [9.17, 15) is 18.0 Å². The number of amides is 2. The Balaban J connectivity index is 1.89. The number of urea groups is 1. The van der Waals surface area contributed by atoms with E-state index in [4.69, 9.17) is 4.74 Å². The van der Waals surface area contributed by atoms with Crippen LogP contribution in [0.5, 0.6) is 0 Å². The van der Waals surface area contributed by atoms with Crippen molar-refractivity contribution < 1.29 is 22.7 Å². The molecule has 0 saturated carbocycles. The molecule has 0 fully saturated rings. The zero-order valence-corrected chi connectivity index (χ0v) is 22.2. The van der Waals surface area contributed by atoms with Crippen molar-refractivity contribution >= 4 is 27.7 Å². The van der Waals surface area contributed by atoms with Gasteiger partial charge in [0.1, 0.15) is 6.04 Å². The van der Waals surface area contributed by atoms with Gasteiger partial charge in [0, 0.05) is 12.2 Å². The van der Waals surface area contributed by atoms with Crippen LogP contribution < -0.4 is 15.4 Å². The minimum atomic E-state index is -3.87. The zero-order chi connectivity index (χ0) is 26.2. The maximum absolute atomic E-state index is 12.7. The summed E-state index contributed by atoms with van der Waals surface area (Å²) in [5, 5.41) is 5.78. The summed E-state index contributed by atoms with van der Waals surface area (Å²) < 4.78 is 32.6. The average molecular weight is 504 g/mol. The number of rotatable bonds is 10. The molecular formula is C26H37N3O5S. The first-order chi connectivity index (χ1) is 16.3. The minimum Gasteiger partial charge on any atom is -0.468 e. The smallest absolute Gasteiger partial charge is 0.323 e. The van der Waals surface area contributed by atoms with Crippen molar-refractivity contribution in [3.63, 3.8) is 0 Å². The molecule has 0 saturated heterocycles. The number of hydrogen-bond donors (Lipinski definition) is 3. The monoisotopic (exact) mass is 503 g/mol. The van der Waals surface area contributed by atoms with E-state index in [-0.39, 0.29) is 22.8 Å². The molecule has 2 aromatic rings. The van der Waals surface area contributed by atoms with Crippen molar-refractivity contribution in [2.75, 3.05) is 19.0 Å². The lowest BCUT2D eigenvalue weighted by atomic mass is 9.84. The number of carbonyl (C=O) groups excluding carboxylic acids is 2. The van der Waals surface area contributed by atoms with Crippen molar-refractivity contribution in [3.05, 3.63) is 59.2 Å². The third kappa shape index (κ3) is 8.36. The van der Waals surface area contributed by atoms with Gasteiger partial charge in [-0.3, -0.25) is 4.79 Å². The first-order valence-corrected chi connectivity index (χ1v) is 13.1. The molecule has 1 atom stereocenters. The Hall–Kier alpha value is -2.91. The Morgan fingerprint density at radius 3 is 2.26 bits per heavy atom. The van der Waals surface area contributed by atoms with Gasteiger partial charge in [0.05, 0.1) is 12.0 Å². The Labute approximate surface area is 208 Å². The first-order valence-electron chi connectivity index (χ1n) is 11.7. The fourth-order valence-electron chi connectivity index (χ4n) is 3.63. The minimum absolute atomic E-state index is 0.0844. The molecule has 0 aliphatic carbocycles. The van der Waals surface area contributed by atoms with Crippen LogP contribution in [0.4, 0.5) is 10.5 Å². The lowest BCUT2D eigenvalue weighted by Crippen LogP contribution is -2.41. The van der Waals surface area contributed by atoms with Gasteiger partial charge in [-0.25, -0.2) is 13.2 Å². The maximum atomic E-state index is 12.7. The second-order valence-corrected chi connectivity index (χ2v) is 11.3. The van der Waals surface area contributed by atoms with Crippen LogP contribution >= 0.6 is 0 Å². The molecule has 35 heavy (non-hydrogen) atoms. The highest BCUT2D eigenvalue weighted by Crippen LogP contribution is 2.31. The van der Waals surface area contributed by atoms with Crippen LogP contribution in [0.2, 0.25) is 0 Å². The highest BCUT2D eigenvalue weighted by atomic mass is 32.2. The van der Waals surface area contributed by atoms with Crippen molar-refractivity contribution in [1.29, 1.82) is 0 Å². The normalized spacial score (nSPS) is 12.6. The second kappa shape index (κ2) is 12.2. The number of benzene rings is 2. The number of carbonyl (C=O) groups is 2. The van der Waals surface area contributed by atoms with E-state index in [1.807, 2.05) is 32.0 Å². The van der Waals surface area contributed by atoms with E-state index in [0.29, 0.717) is 19.4 Å². The Kier molecular flexibility index (Phi) is 9.85. The van der Waals surface area contributed by atoms with Gasteiger partial charge >= 0.3 is 12.0 Å². The van der Waals surface area contributed by atoms with Gasteiger partial charge in [0.15, 0.2) is 0 Å². The number of esters is 1. The number of methoxy groups -OCH3 is 1. The Bertz CT molecular complexity index is 1120. The topological polar surface area (TPSA) is 114 Å². The van der Waals surface area contributed by atoms with E-state index in [2.05, 4.69) is 36.1 Å².